The van der Waals surface area contributed by atoms with E-state index in [2.05, 4.69) is 50.7 Å². The van der Waals surface area contributed by atoms with Crippen LogP contribution in [0, 0.1) is 11.8 Å². The fourth-order valence-corrected chi connectivity index (χ4v) is 4.31. The Hall–Kier alpha value is -3.00. The molecular formula is C24H33N7O. The molecule has 8 heteroatoms. The van der Waals surface area contributed by atoms with Gasteiger partial charge in [0, 0.05) is 50.1 Å². The molecule has 0 radical (unpaired) electrons. The van der Waals surface area contributed by atoms with Crippen molar-refractivity contribution in [1.82, 2.24) is 25.6 Å². The molecule has 1 fully saturated rings. The largest absolute Gasteiger partial charge is 0.368 e. The van der Waals surface area contributed by atoms with Gasteiger partial charge in [-0.2, -0.15) is 0 Å². The van der Waals surface area contributed by atoms with E-state index in [9.17, 15) is 4.79 Å². The molecule has 1 saturated heterocycles. The first-order chi connectivity index (χ1) is 15.5. The van der Waals surface area contributed by atoms with E-state index in [0.29, 0.717) is 35.7 Å². The van der Waals surface area contributed by atoms with E-state index in [1.807, 2.05) is 25.3 Å². The van der Waals surface area contributed by atoms with Crippen LogP contribution in [-0.2, 0) is 11.2 Å². The van der Waals surface area contributed by atoms with Crippen molar-refractivity contribution in [1.29, 1.82) is 0 Å². The van der Waals surface area contributed by atoms with Crippen molar-refractivity contribution in [2.45, 2.75) is 33.6 Å². The normalized spacial score (nSPS) is 21.0. The van der Waals surface area contributed by atoms with Crippen LogP contribution in [0.2, 0.25) is 0 Å². The predicted molar refractivity (Wildman–Crippen MR) is 128 cm³/mol. The molecule has 0 saturated carbocycles. The maximum Gasteiger partial charge on any atom is 0.246 e. The number of nitrogens with zero attached hydrogens (tertiary/aromatic N) is 4. The zero-order chi connectivity index (χ0) is 22.5. The Morgan fingerprint density at radius 2 is 2.00 bits per heavy atom. The highest BCUT2D eigenvalue weighted by molar-refractivity contribution is 5.97. The van der Waals surface area contributed by atoms with Gasteiger partial charge in [0.2, 0.25) is 11.9 Å². The molecule has 32 heavy (non-hydrogen) atoms. The van der Waals surface area contributed by atoms with Gasteiger partial charge in [-0.3, -0.25) is 4.79 Å². The standard InChI is InChI=1S/C24H33N7O/c1-16(2)10-18-12-21-19(11-17(3)23(32)27-13-18)14-28-24(29-21)30-22-5-4-20(15-26-22)31-8-6-25-7-9-31/h4-5,11,14-16,18,25H,6-10,12-13H2,1-3H3,(H,27,32)(H,26,28,29,30)/b17-11+. The third kappa shape index (κ3) is 5.62. The molecule has 4 heterocycles. The Kier molecular flexibility index (Phi) is 6.99. The van der Waals surface area contributed by atoms with Gasteiger partial charge in [0.05, 0.1) is 17.6 Å². The fraction of sp³-hybridized carbons (Fsp3) is 0.500. The molecule has 4 rings (SSSR count). The van der Waals surface area contributed by atoms with Gasteiger partial charge in [0.1, 0.15) is 5.82 Å². The monoisotopic (exact) mass is 435 g/mol. The second-order valence-electron chi connectivity index (χ2n) is 9.10. The van der Waals surface area contributed by atoms with Gasteiger partial charge in [-0.1, -0.05) is 13.8 Å². The number of hydrogen-bond donors (Lipinski definition) is 3. The van der Waals surface area contributed by atoms with Crippen molar-refractivity contribution in [3.8, 4) is 0 Å². The van der Waals surface area contributed by atoms with E-state index in [1.165, 1.54) is 0 Å². The first-order valence-corrected chi connectivity index (χ1v) is 11.5. The molecular weight excluding hydrogens is 402 g/mol. The van der Waals surface area contributed by atoms with Crippen molar-refractivity contribution in [2.24, 2.45) is 11.8 Å². The van der Waals surface area contributed by atoms with Crippen molar-refractivity contribution in [3.63, 3.8) is 0 Å². The molecule has 0 aromatic carbocycles. The summed E-state index contributed by atoms with van der Waals surface area (Å²) in [5, 5.41) is 9.67. The topological polar surface area (TPSA) is 95.1 Å². The summed E-state index contributed by atoms with van der Waals surface area (Å²) in [5.41, 5.74) is 3.66. The average Bonchev–Trinajstić information content (AvgIpc) is 2.84. The summed E-state index contributed by atoms with van der Waals surface area (Å²) in [7, 11) is 0. The molecule has 0 spiro atoms. The van der Waals surface area contributed by atoms with Crippen molar-refractivity contribution >= 4 is 29.4 Å². The molecule has 1 unspecified atom stereocenters. The van der Waals surface area contributed by atoms with Crippen LogP contribution >= 0.6 is 0 Å². The van der Waals surface area contributed by atoms with Crippen LogP contribution in [0.5, 0.6) is 0 Å². The third-order valence-corrected chi connectivity index (χ3v) is 5.94. The Morgan fingerprint density at radius 3 is 2.72 bits per heavy atom. The number of aromatic nitrogens is 3. The zero-order valence-electron chi connectivity index (χ0n) is 19.2. The minimum atomic E-state index is -0.0254. The maximum atomic E-state index is 12.4. The molecule has 0 aliphatic carbocycles. The summed E-state index contributed by atoms with van der Waals surface area (Å²) in [6, 6.07) is 4.05. The number of carbonyl (C=O) groups is 1. The smallest absolute Gasteiger partial charge is 0.246 e. The predicted octanol–water partition coefficient (Wildman–Crippen LogP) is 2.76. The lowest BCUT2D eigenvalue weighted by Gasteiger charge is -2.29. The van der Waals surface area contributed by atoms with Crippen molar-refractivity contribution < 1.29 is 4.79 Å². The molecule has 170 valence electrons. The van der Waals surface area contributed by atoms with Gasteiger partial charge in [0.15, 0.2) is 0 Å². The number of nitrogens with one attached hydrogen (secondary N) is 3. The van der Waals surface area contributed by atoms with Crippen molar-refractivity contribution in [3.05, 3.63) is 41.4 Å². The van der Waals surface area contributed by atoms with Gasteiger partial charge in [-0.15, -0.1) is 0 Å². The van der Waals surface area contributed by atoms with E-state index in [-0.39, 0.29) is 5.91 Å². The summed E-state index contributed by atoms with van der Waals surface area (Å²) >= 11 is 0. The number of rotatable bonds is 5. The van der Waals surface area contributed by atoms with E-state index < -0.39 is 0 Å². The Balaban J connectivity index is 1.54. The van der Waals surface area contributed by atoms with Gasteiger partial charge >= 0.3 is 0 Å². The highest BCUT2D eigenvalue weighted by Crippen LogP contribution is 2.23. The van der Waals surface area contributed by atoms with E-state index in [0.717, 1.165) is 56.0 Å². The SMILES string of the molecule is C/C1=C\c2cnc(Nc3ccc(N4CCNCC4)cn3)nc2CC(CC(C)C)CNC1=O. The second kappa shape index (κ2) is 10.1. The molecule has 3 N–H and O–H groups in total. The highest BCUT2D eigenvalue weighted by atomic mass is 16.1. The summed E-state index contributed by atoms with van der Waals surface area (Å²) in [6.07, 6.45) is 7.40. The number of anilines is 3. The minimum Gasteiger partial charge on any atom is -0.368 e. The summed E-state index contributed by atoms with van der Waals surface area (Å²) < 4.78 is 0. The number of hydrogen-bond acceptors (Lipinski definition) is 7. The molecule has 2 aromatic rings. The Labute approximate surface area is 189 Å². The van der Waals surface area contributed by atoms with Crippen LogP contribution in [0.1, 0.15) is 38.4 Å². The van der Waals surface area contributed by atoms with E-state index in [4.69, 9.17) is 4.98 Å². The first-order valence-electron chi connectivity index (χ1n) is 11.5. The average molecular weight is 436 g/mol. The lowest BCUT2D eigenvalue weighted by molar-refractivity contribution is -0.117. The van der Waals surface area contributed by atoms with Crippen LogP contribution in [0.15, 0.2) is 30.1 Å². The lowest BCUT2D eigenvalue weighted by Crippen LogP contribution is -2.43. The van der Waals surface area contributed by atoms with Crippen molar-refractivity contribution in [2.75, 3.05) is 42.9 Å². The molecule has 8 nitrogen and oxygen atoms in total. The molecule has 0 bridgehead atoms. The number of fused-ring (bicyclic) bond motifs is 1. The van der Waals surface area contributed by atoms with E-state index in [1.54, 1.807) is 6.20 Å². The highest BCUT2D eigenvalue weighted by Gasteiger charge is 2.20. The van der Waals surface area contributed by atoms with Crippen LogP contribution in [0.3, 0.4) is 0 Å². The number of piperazine rings is 1. The van der Waals surface area contributed by atoms with Crippen LogP contribution < -0.4 is 20.9 Å². The molecule has 1 atom stereocenters. The third-order valence-electron chi connectivity index (χ3n) is 5.94. The zero-order valence-corrected chi connectivity index (χ0v) is 19.2. The molecule has 1 amide bonds. The maximum absolute atomic E-state index is 12.4. The van der Waals surface area contributed by atoms with E-state index >= 15 is 0 Å². The summed E-state index contributed by atoms with van der Waals surface area (Å²) in [4.78, 5) is 28.6. The Morgan fingerprint density at radius 1 is 1.19 bits per heavy atom. The summed E-state index contributed by atoms with van der Waals surface area (Å²) in [6.45, 7) is 10.9. The second-order valence-corrected chi connectivity index (χ2v) is 9.10. The first kappa shape index (κ1) is 22.2. The van der Waals surface area contributed by atoms with Gasteiger partial charge < -0.3 is 20.9 Å². The Bertz CT molecular complexity index is 965. The number of pyridine rings is 1. The quantitative estimate of drug-likeness (QED) is 0.665. The van der Waals surface area contributed by atoms with Crippen LogP contribution in [0.4, 0.5) is 17.5 Å². The molecule has 2 aromatic heterocycles. The van der Waals surface area contributed by atoms with Gasteiger partial charge in [-0.25, -0.2) is 15.0 Å². The minimum absolute atomic E-state index is 0.0254. The fourth-order valence-electron chi connectivity index (χ4n) is 4.31. The number of amides is 1. The number of carbonyl (C=O) groups excluding carboxylic acids is 1. The lowest BCUT2D eigenvalue weighted by atomic mass is 9.91. The van der Waals surface area contributed by atoms with Crippen LogP contribution in [0.25, 0.3) is 6.08 Å². The molecule has 2 aliphatic rings. The molecule has 2 aliphatic heterocycles. The van der Waals surface area contributed by atoms with Gasteiger partial charge in [-0.05, 0) is 49.8 Å². The van der Waals surface area contributed by atoms with Crippen LogP contribution in [-0.4, -0.2) is 53.6 Å². The van der Waals surface area contributed by atoms with Gasteiger partial charge in [0.25, 0.3) is 0 Å². The summed E-state index contributed by atoms with van der Waals surface area (Å²) in [5.74, 6) is 2.10.